The topological polar surface area (TPSA) is 72.8 Å². The van der Waals surface area contributed by atoms with Crippen molar-refractivity contribution in [3.63, 3.8) is 0 Å². The van der Waals surface area contributed by atoms with Crippen LogP contribution < -0.4 is 0 Å². The van der Waals surface area contributed by atoms with Crippen LogP contribution in [0.15, 0.2) is 0 Å². The van der Waals surface area contributed by atoms with Gasteiger partial charge in [-0.15, -0.1) is 0 Å². The minimum atomic E-state index is -0.509. The zero-order chi connectivity index (χ0) is 35.9. The molecular formula is C43H80O5. The summed E-state index contributed by atoms with van der Waals surface area (Å²) in [5, 5.41) is 10.5. The molecule has 0 aromatic carbocycles. The molecule has 0 radical (unpaired) electrons. The third-order valence-corrected chi connectivity index (χ3v) is 9.97. The number of carbonyl (C=O) groups is 2. The summed E-state index contributed by atoms with van der Waals surface area (Å²) in [6.45, 7) is 15.4. The molecule has 0 rings (SSSR count). The summed E-state index contributed by atoms with van der Waals surface area (Å²) in [6, 6.07) is 0. The minimum Gasteiger partial charge on any atom is -0.465 e. The molecule has 0 saturated heterocycles. The summed E-state index contributed by atoms with van der Waals surface area (Å²) in [5.41, 5.74) is -0.972. The van der Waals surface area contributed by atoms with Crippen LogP contribution in [0.3, 0.4) is 0 Å². The van der Waals surface area contributed by atoms with Gasteiger partial charge in [-0.25, -0.2) is 0 Å². The van der Waals surface area contributed by atoms with Gasteiger partial charge >= 0.3 is 11.9 Å². The SMILES string of the molecule is CCCCCCCC#CCOC(=O)C(C)(C)CCCCCC(O)CCCCCC(C)(C)C(=O)OCC(CCCCC)CCCCCCC. The summed E-state index contributed by atoms with van der Waals surface area (Å²) in [4.78, 5) is 25.5. The van der Waals surface area contributed by atoms with E-state index in [0.29, 0.717) is 12.5 Å². The average Bonchev–Trinajstić information content (AvgIpc) is 3.05. The number of unbranched alkanes of at least 4 members (excludes halogenated alkanes) is 15. The third kappa shape index (κ3) is 26.3. The first-order valence-corrected chi connectivity index (χ1v) is 20.5. The Morgan fingerprint density at radius 2 is 0.958 bits per heavy atom. The number of carbonyl (C=O) groups excluding carboxylic acids is 2. The van der Waals surface area contributed by atoms with E-state index >= 15 is 0 Å². The Labute approximate surface area is 298 Å². The van der Waals surface area contributed by atoms with Crippen LogP contribution in [0.4, 0.5) is 0 Å². The van der Waals surface area contributed by atoms with E-state index in [1.807, 2.05) is 27.7 Å². The lowest BCUT2D eigenvalue weighted by Crippen LogP contribution is -2.28. The van der Waals surface area contributed by atoms with Crippen LogP contribution in [-0.2, 0) is 19.1 Å². The Bertz CT molecular complexity index is 836. The summed E-state index contributed by atoms with van der Waals surface area (Å²) < 4.78 is 11.3. The van der Waals surface area contributed by atoms with Gasteiger partial charge in [0.05, 0.1) is 23.5 Å². The Hall–Kier alpha value is -1.54. The normalized spacial score (nSPS) is 13.1. The number of hydrogen-bond acceptors (Lipinski definition) is 5. The van der Waals surface area contributed by atoms with Crippen LogP contribution in [0, 0.1) is 28.6 Å². The van der Waals surface area contributed by atoms with E-state index in [1.165, 1.54) is 89.9 Å². The first kappa shape index (κ1) is 46.5. The number of esters is 2. The molecule has 282 valence electrons. The average molecular weight is 677 g/mol. The van der Waals surface area contributed by atoms with Gasteiger partial charge in [-0.3, -0.25) is 9.59 Å². The molecule has 0 aliphatic carbocycles. The van der Waals surface area contributed by atoms with Crippen molar-refractivity contribution in [1.29, 1.82) is 0 Å². The Kier molecular flexibility index (Phi) is 29.3. The van der Waals surface area contributed by atoms with Crippen molar-refractivity contribution < 1.29 is 24.2 Å². The molecule has 0 fully saturated rings. The van der Waals surface area contributed by atoms with Gasteiger partial charge in [-0.1, -0.05) is 148 Å². The van der Waals surface area contributed by atoms with Gasteiger partial charge in [0.25, 0.3) is 0 Å². The van der Waals surface area contributed by atoms with Crippen molar-refractivity contribution in [2.45, 2.75) is 222 Å². The highest BCUT2D eigenvalue weighted by molar-refractivity contribution is 5.76. The molecular weight excluding hydrogens is 596 g/mol. The Morgan fingerprint density at radius 3 is 1.50 bits per heavy atom. The molecule has 0 heterocycles. The maximum absolute atomic E-state index is 13.0. The maximum atomic E-state index is 13.0. The first-order chi connectivity index (χ1) is 23.0. The van der Waals surface area contributed by atoms with Gasteiger partial charge in [0.15, 0.2) is 6.61 Å². The number of hydrogen-bond donors (Lipinski definition) is 1. The fraction of sp³-hybridized carbons (Fsp3) is 0.907. The molecule has 5 nitrogen and oxygen atoms in total. The summed E-state index contributed by atoms with van der Waals surface area (Å²) >= 11 is 0. The van der Waals surface area contributed by atoms with Crippen molar-refractivity contribution in [3.8, 4) is 11.8 Å². The van der Waals surface area contributed by atoms with E-state index < -0.39 is 10.8 Å². The largest absolute Gasteiger partial charge is 0.465 e. The fourth-order valence-corrected chi connectivity index (χ4v) is 6.27. The number of aliphatic hydroxyl groups excluding tert-OH is 1. The van der Waals surface area contributed by atoms with Gasteiger partial charge in [0, 0.05) is 6.42 Å². The quantitative estimate of drug-likeness (QED) is 0.0436. The molecule has 1 N–H and O–H groups in total. The minimum absolute atomic E-state index is 0.0531. The molecule has 2 atom stereocenters. The van der Waals surface area contributed by atoms with E-state index in [1.54, 1.807) is 0 Å². The van der Waals surface area contributed by atoms with Gasteiger partial charge < -0.3 is 14.6 Å². The second-order valence-corrected chi connectivity index (χ2v) is 15.9. The van der Waals surface area contributed by atoms with Gasteiger partial charge in [-0.05, 0) is 78.6 Å². The summed E-state index contributed by atoms with van der Waals surface area (Å²) in [7, 11) is 0. The zero-order valence-electron chi connectivity index (χ0n) is 33.0. The highest BCUT2D eigenvalue weighted by Crippen LogP contribution is 2.28. The van der Waals surface area contributed by atoms with Crippen LogP contribution in [0.25, 0.3) is 0 Å². The van der Waals surface area contributed by atoms with E-state index in [9.17, 15) is 14.7 Å². The molecule has 0 amide bonds. The van der Waals surface area contributed by atoms with Crippen molar-refractivity contribution in [2.24, 2.45) is 16.7 Å². The van der Waals surface area contributed by atoms with Gasteiger partial charge in [0.1, 0.15) is 0 Å². The molecule has 0 aliphatic heterocycles. The standard InChI is InChI=1S/C43H80O5/c1-8-11-14-16-17-18-20-29-36-47-40(45)42(4,5)34-27-21-25-32-39(44)33-26-22-28-35-43(6,7)41(46)48-37-38(30-23-13-10-3)31-24-19-15-12-9-2/h38-39,44H,8-19,21-28,30-37H2,1-7H3. The van der Waals surface area contributed by atoms with E-state index in [4.69, 9.17) is 9.47 Å². The second kappa shape index (κ2) is 30.3. The van der Waals surface area contributed by atoms with Crippen LogP contribution in [0.2, 0.25) is 0 Å². The molecule has 2 unspecified atom stereocenters. The smallest absolute Gasteiger partial charge is 0.312 e. The molecule has 0 spiro atoms. The van der Waals surface area contributed by atoms with Crippen molar-refractivity contribution in [3.05, 3.63) is 0 Å². The lowest BCUT2D eigenvalue weighted by atomic mass is 9.86. The first-order valence-electron chi connectivity index (χ1n) is 20.5. The third-order valence-electron chi connectivity index (χ3n) is 9.97. The maximum Gasteiger partial charge on any atom is 0.312 e. The predicted molar refractivity (Wildman–Crippen MR) is 204 cm³/mol. The van der Waals surface area contributed by atoms with Crippen molar-refractivity contribution in [2.75, 3.05) is 13.2 Å². The number of ether oxygens (including phenoxy) is 2. The number of aliphatic hydroxyl groups is 1. The summed E-state index contributed by atoms with van der Waals surface area (Å²) in [6.07, 6.45) is 28.3. The van der Waals surface area contributed by atoms with Gasteiger partial charge in [-0.2, -0.15) is 0 Å². The van der Waals surface area contributed by atoms with Gasteiger partial charge in [0.2, 0.25) is 0 Å². The predicted octanol–water partition coefficient (Wildman–Crippen LogP) is 12.3. The molecule has 48 heavy (non-hydrogen) atoms. The molecule has 0 aromatic heterocycles. The molecule has 0 bridgehead atoms. The van der Waals surface area contributed by atoms with Crippen LogP contribution >= 0.6 is 0 Å². The Morgan fingerprint density at radius 1 is 0.542 bits per heavy atom. The highest BCUT2D eigenvalue weighted by atomic mass is 16.5. The lowest BCUT2D eigenvalue weighted by Gasteiger charge is -2.25. The lowest BCUT2D eigenvalue weighted by molar-refractivity contribution is -0.156. The van der Waals surface area contributed by atoms with Crippen molar-refractivity contribution in [1.82, 2.24) is 0 Å². The summed E-state index contributed by atoms with van der Waals surface area (Å²) in [5.74, 6) is 6.38. The second-order valence-electron chi connectivity index (χ2n) is 15.9. The molecule has 0 aliphatic rings. The van der Waals surface area contributed by atoms with Crippen LogP contribution in [0.5, 0.6) is 0 Å². The molecule has 0 aromatic rings. The van der Waals surface area contributed by atoms with Crippen LogP contribution in [0.1, 0.15) is 215 Å². The fourth-order valence-electron chi connectivity index (χ4n) is 6.27. The highest BCUT2D eigenvalue weighted by Gasteiger charge is 2.30. The van der Waals surface area contributed by atoms with E-state index in [-0.39, 0.29) is 24.6 Å². The van der Waals surface area contributed by atoms with Crippen LogP contribution in [-0.4, -0.2) is 36.4 Å². The molecule has 0 saturated carbocycles. The monoisotopic (exact) mass is 677 g/mol. The number of rotatable bonds is 32. The van der Waals surface area contributed by atoms with E-state index in [0.717, 1.165) is 77.0 Å². The Balaban J connectivity index is 4.11. The van der Waals surface area contributed by atoms with Crippen molar-refractivity contribution >= 4 is 11.9 Å². The zero-order valence-corrected chi connectivity index (χ0v) is 33.0. The van der Waals surface area contributed by atoms with E-state index in [2.05, 4.69) is 32.6 Å². The molecule has 5 heteroatoms.